The van der Waals surface area contributed by atoms with Crippen LogP contribution in [0.4, 0.5) is 0 Å². The van der Waals surface area contributed by atoms with Crippen LogP contribution in [0.15, 0.2) is 23.8 Å². The highest BCUT2D eigenvalue weighted by Gasteiger charge is 2.13. The number of carboxylic acids is 1. The smallest absolute Gasteiger partial charge is 0.312 e. The summed E-state index contributed by atoms with van der Waals surface area (Å²) >= 11 is 0. The molecule has 0 N–H and O–H groups in total. The van der Waals surface area contributed by atoms with Gasteiger partial charge in [0.1, 0.15) is 5.57 Å². The molecule has 1 aliphatic rings. The summed E-state index contributed by atoms with van der Waals surface area (Å²) in [6.45, 7) is 2.99. The van der Waals surface area contributed by atoms with Crippen molar-refractivity contribution < 1.29 is 19.4 Å². The molecule has 0 fully saturated rings. The summed E-state index contributed by atoms with van der Waals surface area (Å²) in [7, 11) is 0. The number of rotatable bonds is 10. The molecule has 2 rings (SSSR count). The lowest BCUT2D eigenvalue weighted by Crippen LogP contribution is -2.23. The molecule has 1 heterocycles. The molecule has 1 aromatic rings. The van der Waals surface area contributed by atoms with Crippen molar-refractivity contribution in [3.05, 3.63) is 34.2 Å². The second-order valence-corrected chi connectivity index (χ2v) is 6.43. The van der Waals surface area contributed by atoms with Gasteiger partial charge in [0.2, 0.25) is 6.79 Å². The molecule has 0 amide bonds. The Morgan fingerprint density at radius 3 is 2.54 bits per heavy atom. The second kappa shape index (κ2) is 11.2. The Hall–Kier alpha value is -2.48. The van der Waals surface area contributed by atoms with Crippen molar-refractivity contribution in [2.75, 3.05) is 13.3 Å². The first-order chi connectivity index (χ1) is 12.7. The molecule has 0 spiro atoms. The molecule has 5 heteroatoms. The van der Waals surface area contributed by atoms with Gasteiger partial charge in [-0.05, 0) is 30.2 Å². The number of carbonyl (C=O) groups is 1. The molecule has 1 aromatic carbocycles. The number of benzene rings is 1. The molecule has 140 valence electrons. The second-order valence-electron chi connectivity index (χ2n) is 6.43. The number of ether oxygens (including phenoxy) is 2. The number of hydrogen-bond donors (Lipinski definition) is 0. The largest absolute Gasteiger partial charge is 0.544 e. The van der Waals surface area contributed by atoms with Crippen LogP contribution < -0.4 is 14.6 Å². The number of carboxylic acid groups (broad SMARTS) is 1. The van der Waals surface area contributed by atoms with E-state index in [4.69, 9.17) is 9.47 Å². The fourth-order valence-corrected chi connectivity index (χ4v) is 2.77. The van der Waals surface area contributed by atoms with E-state index in [0.717, 1.165) is 12.8 Å². The molecule has 0 saturated heterocycles. The minimum atomic E-state index is -1.29. The lowest BCUT2D eigenvalue weighted by molar-refractivity contribution is -0.298. The summed E-state index contributed by atoms with van der Waals surface area (Å²) in [5.41, 5.74) is 0.617. The first-order valence-electron chi connectivity index (χ1n) is 9.46. The Balaban J connectivity index is 1.78. The molecule has 0 aliphatic carbocycles. The van der Waals surface area contributed by atoms with Gasteiger partial charge in [-0.15, -0.1) is 0 Å². The third-order valence-electron chi connectivity index (χ3n) is 4.25. The summed E-state index contributed by atoms with van der Waals surface area (Å²) in [5.74, 6) is -0.0286. The summed E-state index contributed by atoms with van der Waals surface area (Å²) in [6, 6.07) is 7.84. The van der Waals surface area contributed by atoms with Crippen molar-refractivity contribution in [2.45, 2.75) is 58.3 Å². The van der Waals surface area contributed by atoms with Gasteiger partial charge >= 0.3 is 6.07 Å². The molecule has 0 radical (unpaired) electrons. The minimum Gasteiger partial charge on any atom is -0.544 e. The van der Waals surface area contributed by atoms with Gasteiger partial charge in [-0.1, -0.05) is 56.4 Å². The van der Waals surface area contributed by atoms with Gasteiger partial charge in [-0.2, -0.15) is 0 Å². The maximum atomic E-state index is 11.3. The number of carbonyl (C=O) groups excluding carboxylic acids is 1. The molecule has 0 aromatic heterocycles. The van der Waals surface area contributed by atoms with E-state index < -0.39 is 5.97 Å². The predicted octanol–water partition coefficient (Wildman–Crippen LogP) is 4.02. The van der Waals surface area contributed by atoms with Crippen LogP contribution in [-0.2, 0) is 4.79 Å². The van der Waals surface area contributed by atoms with Crippen LogP contribution in [0.5, 0.6) is 11.5 Å². The van der Waals surface area contributed by atoms with Gasteiger partial charge < -0.3 is 19.4 Å². The monoisotopic (exact) mass is 357 g/mol. The zero-order chi connectivity index (χ0) is 18.6. The van der Waals surface area contributed by atoms with E-state index in [-0.39, 0.29) is 12.4 Å². The maximum absolute atomic E-state index is 11.3. The minimum absolute atomic E-state index is 0.0663. The molecule has 1 aliphatic heterocycles. The van der Waals surface area contributed by atoms with E-state index in [9.17, 15) is 9.90 Å². The van der Waals surface area contributed by atoms with Crippen molar-refractivity contribution >= 4 is 12.0 Å². The van der Waals surface area contributed by atoms with Crippen molar-refractivity contribution in [3.63, 3.8) is 0 Å². The normalized spacial score (nSPS) is 12.6. The van der Waals surface area contributed by atoms with Crippen molar-refractivity contribution in [1.29, 1.82) is 0 Å². The van der Waals surface area contributed by atoms with Gasteiger partial charge in [-0.3, -0.25) is 0 Å². The summed E-state index contributed by atoms with van der Waals surface area (Å²) in [4.78, 5) is 15.4. The lowest BCUT2D eigenvalue weighted by Gasteiger charge is -1.99. The third kappa shape index (κ3) is 6.79. The van der Waals surface area contributed by atoms with E-state index in [1.807, 2.05) is 0 Å². The first kappa shape index (κ1) is 19.8. The quantitative estimate of drug-likeness (QED) is 0.360. The number of aliphatic carboxylic acids is 1. The Bertz CT molecular complexity index is 685. The van der Waals surface area contributed by atoms with Crippen molar-refractivity contribution in [1.82, 2.24) is 0 Å². The van der Waals surface area contributed by atoms with E-state index in [2.05, 4.69) is 17.8 Å². The van der Waals surface area contributed by atoms with Crippen LogP contribution >= 0.6 is 0 Å². The highest BCUT2D eigenvalue weighted by Crippen LogP contribution is 2.33. The fourth-order valence-electron chi connectivity index (χ4n) is 2.77. The Morgan fingerprint density at radius 1 is 1.12 bits per heavy atom. The molecular formula is C21H27NO4. The molecule has 0 unspecified atom stereocenters. The van der Waals surface area contributed by atoms with E-state index in [1.54, 1.807) is 18.2 Å². The zero-order valence-corrected chi connectivity index (χ0v) is 15.5. The van der Waals surface area contributed by atoms with E-state index in [0.29, 0.717) is 23.6 Å². The first-order valence-corrected chi connectivity index (χ1v) is 9.46. The van der Waals surface area contributed by atoms with Crippen LogP contribution in [0.2, 0.25) is 0 Å². The van der Waals surface area contributed by atoms with Gasteiger partial charge in [0.15, 0.2) is 11.5 Å². The van der Waals surface area contributed by atoms with Gasteiger partial charge in [0, 0.05) is 6.42 Å². The van der Waals surface area contributed by atoms with Crippen molar-refractivity contribution in [3.8, 4) is 17.6 Å². The van der Waals surface area contributed by atoms with Crippen LogP contribution in [0.3, 0.4) is 0 Å². The summed E-state index contributed by atoms with van der Waals surface area (Å²) in [5, 5.41) is 11.3. The number of hydrogen-bond acceptors (Lipinski definition) is 4. The molecule has 5 nitrogen and oxygen atoms in total. The number of nitrogens with zero attached hydrogens (tertiary/aromatic N) is 1. The van der Waals surface area contributed by atoms with Gasteiger partial charge in [0.25, 0.3) is 6.54 Å². The van der Waals surface area contributed by atoms with E-state index in [1.165, 1.54) is 44.6 Å². The number of unbranched alkanes of at least 4 members (excludes halogenated alkanes) is 7. The molecule has 0 bridgehead atoms. The average Bonchev–Trinajstić information content (AvgIpc) is 3.10. The van der Waals surface area contributed by atoms with Crippen molar-refractivity contribution in [2.24, 2.45) is 0 Å². The predicted molar refractivity (Wildman–Crippen MR) is 100 cm³/mol. The Morgan fingerprint density at radius 2 is 1.81 bits per heavy atom. The van der Waals surface area contributed by atoms with Gasteiger partial charge in [0.05, 0.1) is 5.97 Å². The topological polar surface area (TPSA) is 63.0 Å². The Kier molecular flexibility index (Phi) is 8.54. The highest BCUT2D eigenvalue weighted by molar-refractivity contribution is 5.95. The summed E-state index contributed by atoms with van der Waals surface area (Å²) < 4.78 is 10.5. The molecular weight excluding hydrogens is 330 g/mol. The van der Waals surface area contributed by atoms with Crippen LogP contribution in [0.1, 0.15) is 63.9 Å². The average molecular weight is 357 g/mol. The molecule has 26 heavy (non-hydrogen) atoms. The standard InChI is InChI=1S/C21H27NO4/c1-2-3-4-5-6-7-8-9-12-22-15-18(21(23)24)13-17-10-11-19-20(14-17)26-16-25-19/h10-11,13-14H,2-9,12,16H2,1H3. The van der Waals surface area contributed by atoms with Gasteiger partial charge in [-0.25, -0.2) is 0 Å². The highest BCUT2D eigenvalue weighted by atomic mass is 16.7. The SMILES string of the molecule is CCCCCCCCCC[N+]#CC(=Cc1ccc2c(c1)OCO2)C(=O)[O-]. The lowest BCUT2D eigenvalue weighted by atomic mass is 10.1. The number of fused-ring (bicyclic) bond motifs is 1. The Labute approximate surface area is 155 Å². The van der Waals surface area contributed by atoms with E-state index >= 15 is 0 Å². The van der Waals surface area contributed by atoms with Crippen LogP contribution in [-0.4, -0.2) is 19.3 Å². The van der Waals surface area contributed by atoms with Crippen LogP contribution in [0, 0.1) is 6.07 Å². The maximum Gasteiger partial charge on any atom is 0.312 e. The third-order valence-corrected chi connectivity index (χ3v) is 4.25. The van der Waals surface area contributed by atoms with Crippen LogP contribution in [0.25, 0.3) is 10.9 Å². The zero-order valence-electron chi connectivity index (χ0n) is 15.5. The molecule has 0 atom stereocenters. The summed E-state index contributed by atoms with van der Waals surface area (Å²) in [6.07, 6.45) is 11.2. The fraction of sp³-hybridized carbons (Fsp3) is 0.524. The molecule has 0 saturated carbocycles.